The molecule has 0 spiro atoms. The molecule has 0 saturated heterocycles. The highest BCUT2D eigenvalue weighted by atomic mass is 79.9. The maximum absolute atomic E-state index is 11.2. The van der Waals surface area contributed by atoms with Gasteiger partial charge < -0.3 is 0 Å². The Hall–Kier alpha value is -0.580. The first-order valence-electron chi connectivity index (χ1n) is 4.12. The molecule has 0 aromatic heterocycles. The van der Waals surface area contributed by atoms with Crippen LogP contribution < -0.4 is 0 Å². The lowest BCUT2D eigenvalue weighted by Gasteiger charge is -2.04. The topological polar surface area (TPSA) is 34.1 Å². The van der Waals surface area contributed by atoms with E-state index in [9.17, 15) is 8.42 Å². The maximum atomic E-state index is 11.2. The molecule has 2 aromatic rings. The zero-order chi connectivity index (χ0) is 11.1. The normalized spacial score (nSPS) is 11.9. The molecule has 78 valence electrons. The van der Waals surface area contributed by atoms with E-state index in [1.807, 2.05) is 24.3 Å². The number of halogens is 2. The molecule has 0 aliphatic rings. The van der Waals surface area contributed by atoms with Crippen molar-refractivity contribution < 1.29 is 8.42 Å². The van der Waals surface area contributed by atoms with E-state index in [-0.39, 0.29) is 4.90 Å². The summed E-state index contributed by atoms with van der Waals surface area (Å²) in [4.78, 5) is 0.0999. The first-order chi connectivity index (χ1) is 7.00. The Balaban J connectivity index is 2.88. The van der Waals surface area contributed by atoms with Crippen LogP contribution in [-0.2, 0) is 9.05 Å². The third-order valence-corrected chi connectivity index (χ3v) is 4.57. The van der Waals surface area contributed by atoms with Crippen LogP contribution in [0.1, 0.15) is 0 Å². The molecular formula is C10H6BrClO2S. The van der Waals surface area contributed by atoms with E-state index in [0.717, 1.165) is 10.8 Å². The molecular weight excluding hydrogens is 300 g/mol. The number of hydrogen-bond donors (Lipinski definition) is 0. The van der Waals surface area contributed by atoms with Gasteiger partial charge in [-0.1, -0.05) is 30.3 Å². The van der Waals surface area contributed by atoms with Crippen LogP contribution >= 0.6 is 26.6 Å². The Morgan fingerprint density at radius 1 is 1.07 bits per heavy atom. The Kier molecular flexibility index (Phi) is 2.75. The fraction of sp³-hybridized carbons (Fsp3) is 0. The highest BCUT2D eigenvalue weighted by Crippen LogP contribution is 2.32. The Morgan fingerprint density at radius 2 is 1.73 bits per heavy atom. The summed E-state index contributed by atoms with van der Waals surface area (Å²) in [6, 6.07) is 10.7. The molecule has 5 heteroatoms. The van der Waals surface area contributed by atoms with E-state index in [1.54, 1.807) is 6.07 Å². The van der Waals surface area contributed by atoms with Gasteiger partial charge >= 0.3 is 0 Å². The van der Waals surface area contributed by atoms with E-state index in [0.29, 0.717) is 4.47 Å². The van der Waals surface area contributed by atoms with E-state index in [2.05, 4.69) is 15.9 Å². The number of rotatable bonds is 1. The van der Waals surface area contributed by atoms with Crippen LogP contribution in [0.5, 0.6) is 0 Å². The van der Waals surface area contributed by atoms with Crippen LogP contribution in [0.3, 0.4) is 0 Å². The van der Waals surface area contributed by atoms with Gasteiger partial charge in [-0.25, -0.2) is 8.42 Å². The third-order valence-electron chi connectivity index (χ3n) is 2.09. The quantitative estimate of drug-likeness (QED) is 0.755. The molecule has 0 saturated carbocycles. The average molecular weight is 306 g/mol. The standard InChI is InChI=1S/C10H6BrClO2S/c11-10-8-4-2-1-3-7(8)5-6-9(10)15(12,13)14/h1-6H. The van der Waals surface area contributed by atoms with Gasteiger partial charge in [0.1, 0.15) is 0 Å². The molecule has 0 radical (unpaired) electrons. The summed E-state index contributed by atoms with van der Waals surface area (Å²) in [6.07, 6.45) is 0. The van der Waals surface area contributed by atoms with Gasteiger partial charge in [0, 0.05) is 15.2 Å². The van der Waals surface area contributed by atoms with Crippen LogP contribution in [0, 0.1) is 0 Å². The van der Waals surface area contributed by atoms with Gasteiger partial charge in [0.25, 0.3) is 9.05 Å². The average Bonchev–Trinajstić information content (AvgIpc) is 2.16. The van der Waals surface area contributed by atoms with Crippen LogP contribution in [0.4, 0.5) is 0 Å². The number of fused-ring (bicyclic) bond motifs is 1. The zero-order valence-corrected chi connectivity index (χ0v) is 10.6. The Labute approximate surface area is 100 Å². The largest absolute Gasteiger partial charge is 0.262 e. The molecule has 15 heavy (non-hydrogen) atoms. The van der Waals surface area contributed by atoms with E-state index < -0.39 is 9.05 Å². The van der Waals surface area contributed by atoms with Crippen molar-refractivity contribution in [1.29, 1.82) is 0 Å². The fourth-order valence-corrected chi connectivity index (χ4v) is 3.75. The SMILES string of the molecule is O=S(=O)(Cl)c1ccc2ccccc2c1Br. The van der Waals surface area contributed by atoms with Crippen molar-refractivity contribution in [2.24, 2.45) is 0 Å². The van der Waals surface area contributed by atoms with Crippen LogP contribution in [0.15, 0.2) is 45.8 Å². The lowest BCUT2D eigenvalue weighted by Crippen LogP contribution is -1.92. The van der Waals surface area contributed by atoms with Crippen molar-refractivity contribution in [3.8, 4) is 0 Å². The highest BCUT2D eigenvalue weighted by Gasteiger charge is 2.15. The second-order valence-electron chi connectivity index (χ2n) is 3.04. The van der Waals surface area contributed by atoms with Crippen LogP contribution in [0.2, 0.25) is 0 Å². The number of benzene rings is 2. The first kappa shape index (κ1) is 10.9. The van der Waals surface area contributed by atoms with Gasteiger partial charge in [0.05, 0.1) is 4.90 Å². The Morgan fingerprint density at radius 3 is 2.40 bits per heavy atom. The predicted octanol–water partition coefficient (Wildman–Crippen LogP) is 3.53. The highest BCUT2D eigenvalue weighted by molar-refractivity contribution is 9.10. The first-order valence-corrected chi connectivity index (χ1v) is 7.22. The van der Waals surface area contributed by atoms with Crippen molar-refractivity contribution in [3.05, 3.63) is 40.9 Å². The maximum Gasteiger partial charge on any atom is 0.262 e. The van der Waals surface area contributed by atoms with Crippen molar-refractivity contribution in [2.45, 2.75) is 4.90 Å². The summed E-state index contributed by atoms with van der Waals surface area (Å²) in [7, 11) is 1.61. The summed E-state index contributed by atoms with van der Waals surface area (Å²) in [6.45, 7) is 0. The third kappa shape index (κ3) is 2.02. The summed E-state index contributed by atoms with van der Waals surface area (Å²) in [5, 5.41) is 1.80. The summed E-state index contributed by atoms with van der Waals surface area (Å²) in [5.74, 6) is 0. The molecule has 0 N–H and O–H groups in total. The van der Waals surface area contributed by atoms with Gasteiger partial charge in [-0.05, 0) is 32.8 Å². The second-order valence-corrected chi connectivity index (χ2v) is 6.36. The van der Waals surface area contributed by atoms with Gasteiger partial charge in [0.15, 0.2) is 0 Å². The molecule has 0 atom stereocenters. The van der Waals surface area contributed by atoms with Crippen molar-refractivity contribution >= 4 is 46.4 Å². The number of hydrogen-bond acceptors (Lipinski definition) is 2. The van der Waals surface area contributed by atoms with Gasteiger partial charge in [-0.3, -0.25) is 0 Å². The minimum Gasteiger partial charge on any atom is -0.207 e. The van der Waals surface area contributed by atoms with Crippen molar-refractivity contribution in [2.75, 3.05) is 0 Å². The fourth-order valence-electron chi connectivity index (χ4n) is 1.40. The smallest absolute Gasteiger partial charge is 0.207 e. The monoisotopic (exact) mass is 304 g/mol. The Bertz CT molecular complexity index is 622. The molecule has 0 amide bonds. The molecule has 0 aliphatic heterocycles. The van der Waals surface area contributed by atoms with Crippen molar-refractivity contribution in [1.82, 2.24) is 0 Å². The molecule has 0 bridgehead atoms. The lowest BCUT2D eigenvalue weighted by molar-refractivity contribution is 0.609. The molecule has 2 aromatic carbocycles. The molecule has 2 rings (SSSR count). The van der Waals surface area contributed by atoms with Crippen LogP contribution in [0.25, 0.3) is 10.8 Å². The minimum absolute atomic E-state index is 0.0999. The van der Waals surface area contributed by atoms with Crippen molar-refractivity contribution in [3.63, 3.8) is 0 Å². The molecule has 2 nitrogen and oxygen atoms in total. The molecule has 0 aliphatic carbocycles. The second kappa shape index (κ2) is 3.77. The van der Waals surface area contributed by atoms with Gasteiger partial charge in [0.2, 0.25) is 0 Å². The predicted molar refractivity (Wildman–Crippen MR) is 64.7 cm³/mol. The van der Waals surface area contributed by atoms with Crippen LogP contribution in [-0.4, -0.2) is 8.42 Å². The molecule has 0 heterocycles. The molecule has 0 unspecified atom stereocenters. The summed E-state index contributed by atoms with van der Waals surface area (Å²) in [5.41, 5.74) is 0. The van der Waals surface area contributed by atoms with Gasteiger partial charge in [-0.15, -0.1) is 0 Å². The van der Waals surface area contributed by atoms with E-state index >= 15 is 0 Å². The minimum atomic E-state index is -3.70. The zero-order valence-electron chi connectivity index (χ0n) is 7.44. The summed E-state index contributed by atoms with van der Waals surface area (Å²) >= 11 is 3.25. The van der Waals surface area contributed by atoms with E-state index in [4.69, 9.17) is 10.7 Å². The molecule has 0 fully saturated rings. The van der Waals surface area contributed by atoms with Gasteiger partial charge in [-0.2, -0.15) is 0 Å². The summed E-state index contributed by atoms with van der Waals surface area (Å²) < 4.78 is 23.0. The lowest BCUT2D eigenvalue weighted by atomic mass is 10.1. The van der Waals surface area contributed by atoms with E-state index in [1.165, 1.54) is 6.07 Å².